The fraction of sp³-hybridized carbons (Fsp3) is 0.462. The SMILES string of the molecule is CCNC(C)(COc1cc([N+](=O)[O-])ccc1OC)C(=O)O. The number of hydrogen-bond acceptors (Lipinski definition) is 6. The van der Waals surface area contributed by atoms with Gasteiger partial charge in [-0.15, -0.1) is 0 Å². The Bertz CT molecular complexity index is 533. The largest absolute Gasteiger partial charge is 0.493 e. The molecular weight excluding hydrogens is 280 g/mol. The van der Waals surface area contributed by atoms with Gasteiger partial charge in [-0.1, -0.05) is 6.92 Å². The topological polar surface area (TPSA) is 111 Å². The van der Waals surface area contributed by atoms with E-state index in [9.17, 15) is 20.0 Å². The quantitative estimate of drug-likeness (QED) is 0.551. The number of carbonyl (C=O) groups is 1. The van der Waals surface area contributed by atoms with Gasteiger partial charge in [-0.05, 0) is 19.5 Å². The molecule has 0 fully saturated rings. The van der Waals surface area contributed by atoms with Gasteiger partial charge in [0.2, 0.25) is 0 Å². The third-order valence-electron chi connectivity index (χ3n) is 2.91. The third-order valence-corrected chi connectivity index (χ3v) is 2.91. The summed E-state index contributed by atoms with van der Waals surface area (Å²) in [5.74, 6) is -0.657. The lowest BCUT2D eigenvalue weighted by Gasteiger charge is -2.26. The number of non-ortho nitro benzene ring substituents is 1. The normalized spacial score (nSPS) is 13.3. The number of nitrogens with zero attached hydrogens (tertiary/aromatic N) is 1. The Kier molecular flexibility index (Phi) is 5.48. The first-order valence-corrected chi connectivity index (χ1v) is 6.27. The number of hydrogen-bond donors (Lipinski definition) is 2. The lowest BCUT2D eigenvalue weighted by molar-refractivity contribution is -0.385. The predicted molar refractivity (Wildman–Crippen MR) is 74.9 cm³/mol. The van der Waals surface area contributed by atoms with Crippen molar-refractivity contribution >= 4 is 11.7 Å². The Morgan fingerprint density at radius 1 is 1.48 bits per heavy atom. The van der Waals surface area contributed by atoms with Crippen molar-refractivity contribution in [1.82, 2.24) is 5.32 Å². The summed E-state index contributed by atoms with van der Waals surface area (Å²) in [7, 11) is 1.40. The summed E-state index contributed by atoms with van der Waals surface area (Å²) in [6.07, 6.45) is 0. The Labute approximate surface area is 121 Å². The molecule has 8 heteroatoms. The van der Waals surface area contributed by atoms with E-state index in [4.69, 9.17) is 9.47 Å². The van der Waals surface area contributed by atoms with Crippen molar-refractivity contribution in [3.05, 3.63) is 28.3 Å². The number of aliphatic carboxylic acids is 1. The van der Waals surface area contributed by atoms with Gasteiger partial charge in [0.1, 0.15) is 12.1 Å². The number of nitro groups is 1. The zero-order valence-electron chi connectivity index (χ0n) is 12.1. The molecule has 1 aromatic carbocycles. The zero-order valence-corrected chi connectivity index (χ0v) is 12.1. The van der Waals surface area contributed by atoms with E-state index in [1.165, 1.54) is 32.2 Å². The van der Waals surface area contributed by atoms with Crippen LogP contribution >= 0.6 is 0 Å². The van der Waals surface area contributed by atoms with Crippen LogP contribution in [0.4, 0.5) is 5.69 Å². The highest BCUT2D eigenvalue weighted by atomic mass is 16.6. The van der Waals surface area contributed by atoms with Crippen molar-refractivity contribution in [2.45, 2.75) is 19.4 Å². The fourth-order valence-electron chi connectivity index (χ4n) is 1.69. The summed E-state index contributed by atoms with van der Waals surface area (Å²) in [6, 6.07) is 3.89. The van der Waals surface area contributed by atoms with E-state index in [1.807, 2.05) is 0 Å². The fourth-order valence-corrected chi connectivity index (χ4v) is 1.69. The second kappa shape index (κ2) is 6.89. The van der Waals surface area contributed by atoms with E-state index in [1.54, 1.807) is 6.92 Å². The molecule has 0 radical (unpaired) electrons. The van der Waals surface area contributed by atoms with Crippen LogP contribution in [0.1, 0.15) is 13.8 Å². The van der Waals surface area contributed by atoms with Crippen molar-refractivity contribution in [2.24, 2.45) is 0 Å². The first-order chi connectivity index (χ1) is 9.84. The number of benzene rings is 1. The molecule has 21 heavy (non-hydrogen) atoms. The van der Waals surface area contributed by atoms with Gasteiger partial charge in [0.15, 0.2) is 11.5 Å². The van der Waals surface area contributed by atoms with E-state index in [0.29, 0.717) is 12.3 Å². The highest BCUT2D eigenvalue weighted by Gasteiger charge is 2.33. The highest BCUT2D eigenvalue weighted by Crippen LogP contribution is 2.31. The first kappa shape index (κ1) is 16.7. The Balaban J connectivity index is 2.98. The molecule has 0 saturated heterocycles. The van der Waals surface area contributed by atoms with Crippen LogP contribution in [0, 0.1) is 10.1 Å². The van der Waals surface area contributed by atoms with Crippen molar-refractivity contribution in [3.8, 4) is 11.5 Å². The molecule has 0 saturated carbocycles. The molecule has 1 atom stereocenters. The summed E-state index contributed by atoms with van der Waals surface area (Å²) in [5.41, 5.74) is -1.46. The second-order valence-electron chi connectivity index (χ2n) is 4.55. The summed E-state index contributed by atoms with van der Waals surface area (Å²) >= 11 is 0. The van der Waals surface area contributed by atoms with Crippen LogP contribution in [0.25, 0.3) is 0 Å². The molecule has 1 rings (SSSR count). The number of methoxy groups -OCH3 is 1. The molecule has 0 aliphatic heterocycles. The standard InChI is InChI=1S/C13H18N2O6/c1-4-14-13(2,12(16)17)8-21-11-7-9(15(18)19)5-6-10(11)20-3/h5-7,14H,4,8H2,1-3H3,(H,16,17). The predicted octanol–water partition coefficient (Wildman–Crippen LogP) is 1.44. The smallest absolute Gasteiger partial charge is 0.327 e. The molecule has 0 spiro atoms. The van der Waals surface area contributed by atoms with Gasteiger partial charge in [0.05, 0.1) is 18.1 Å². The van der Waals surface area contributed by atoms with E-state index in [-0.39, 0.29) is 18.0 Å². The van der Waals surface area contributed by atoms with Crippen LogP contribution in [0.3, 0.4) is 0 Å². The molecule has 1 aromatic rings. The molecule has 0 aliphatic carbocycles. The van der Waals surface area contributed by atoms with Gasteiger partial charge in [-0.2, -0.15) is 0 Å². The third kappa shape index (κ3) is 4.06. The Hall–Kier alpha value is -2.35. The molecule has 116 valence electrons. The lowest BCUT2D eigenvalue weighted by Crippen LogP contribution is -2.53. The molecule has 0 aliphatic rings. The van der Waals surface area contributed by atoms with Gasteiger partial charge < -0.3 is 14.6 Å². The minimum Gasteiger partial charge on any atom is -0.493 e. The minimum absolute atomic E-state index is 0.122. The van der Waals surface area contributed by atoms with Crippen LogP contribution in [0.5, 0.6) is 11.5 Å². The summed E-state index contributed by atoms with van der Waals surface area (Å²) in [6.45, 7) is 3.49. The second-order valence-corrected chi connectivity index (χ2v) is 4.55. The van der Waals surface area contributed by atoms with Gasteiger partial charge in [0.25, 0.3) is 5.69 Å². The molecule has 2 N–H and O–H groups in total. The average Bonchev–Trinajstić information content (AvgIpc) is 2.44. The van der Waals surface area contributed by atoms with E-state index < -0.39 is 16.4 Å². The van der Waals surface area contributed by atoms with E-state index >= 15 is 0 Å². The summed E-state index contributed by atoms with van der Waals surface area (Å²) < 4.78 is 10.5. The van der Waals surface area contributed by atoms with Crippen LogP contribution in [-0.4, -0.2) is 41.8 Å². The Morgan fingerprint density at radius 3 is 2.62 bits per heavy atom. The number of nitrogens with one attached hydrogen (secondary N) is 1. The molecule has 8 nitrogen and oxygen atoms in total. The van der Waals surface area contributed by atoms with Crippen LogP contribution in [0.2, 0.25) is 0 Å². The maximum atomic E-state index is 11.3. The molecule has 0 aromatic heterocycles. The van der Waals surface area contributed by atoms with Crippen molar-refractivity contribution in [2.75, 3.05) is 20.3 Å². The molecule has 0 heterocycles. The maximum Gasteiger partial charge on any atom is 0.327 e. The van der Waals surface area contributed by atoms with Gasteiger partial charge in [-0.25, -0.2) is 0 Å². The van der Waals surface area contributed by atoms with Gasteiger partial charge in [0, 0.05) is 6.07 Å². The monoisotopic (exact) mass is 298 g/mol. The lowest BCUT2D eigenvalue weighted by atomic mass is 10.0. The molecule has 1 unspecified atom stereocenters. The summed E-state index contributed by atoms with van der Waals surface area (Å²) in [4.78, 5) is 21.5. The number of nitro benzene ring substituents is 1. The van der Waals surface area contributed by atoms with Crippen molar-refractivity contribution < 1.29 is 24.3 Å². The number of ether oxygens (including phenoxy) is 2. The minimum atomic E-state index is -1.30. The van der Waals surface area contributed by atoms with Crippen molar-refractivity contribution in [1.29, 1.82) is 0 Å². The number of carboxylic acid groups (broad SMARTS) is 1. The zero-order chi connectivity index (χ0) is 16.0. The van der Waals surface area contributed by atoms with Crippen molar-refractivity contribution in [3.63, 3.8) is 0 Å². The first-order valence-electron chi connectivity index (χ1n) is 6.27. The van der Waals surface area contributed by atoms with Crippen LogP contribution in [0.15, 0.2) is 18.2 Å². The molecule has 0 amide bonds. The number of carboxylic acids is 1. The molecule has 0 bridgehead atoms. The van der Waals surface area contributed by atoms with E-state index in [0.717, 1.165) is 0 Å². The molecular formula is C13H18N2O6. The summed E-state index contributed by atoms with van der Waals surface area (Å²) in [5, 5.41) is 22.8. The van der Waals surface area contributed by atoms with Gasteiger partial charge in [-0.3, -0.25) is 20.2 Å². The van der Waals surface area contributed by atoms with Gasteiger partial charge >= 0.3 is 5.97 Å². The number of rotatable bonds is 8. The highest BCUT2D eigenvalue weighted by molar-refractivity contribution is 5.78. The van der Waals surface area contributed by atoms with E-state index in [2.05, 4.69) is 5.32 Å². The maximum absolute atomic E-state index is 11.3. The van der Waals surface area contributed by atoms with Crippen LogP contribution in [-0.2, 0) is 4.79 Å². The van der Waals surface area contributed by atoms with Crippen LogP contribution < -0.4 is 14.8 Å². The Morgan fingerprint density at radius 2 is 2.14 bits per heavy atom. The number of likely N-dealkylation sites (N-methyl/N-ethyl adjacent to an activating group) is 1. The average molecular weight is 298 g/mol.